The predicted molar refractivity (Wildman–Crippen MR) is 105 cm³/mol. The molecule has 0 unspecified atom stereocenters. The number of amides is 1. The number of alkyl halides is 3. The summed E-state index contributed by atoms with van der Waals surface area (Å²) in [5.41, 5.74) is 1.39. The second kappa shape index (κ2) is 8.86. The Morgan fingerprint density at radius 1 is 1.21 bits per heavy atom. The third kappa shape index (κ3) is 5.29. The summed E-state index contributed by atoms with van der Waals surface area (Å²) in [6, 6.07) is 12.1. The maximum atomic E-state index is 12.7. The van der Waals surface area contributed by atoms with Crippen molar-refractivity contribution in [2.24, 2.45) is 5.16 Å². The van der Waals surface area contributed by atoms with E-state index in [4.69, 9.17) is 16.4 Å². The summed E-state index contributed by atoms with van der Waals surface area (Å²) >= 11 is 6.20. The third-order valence-corrected chi connectivity index (χ3v) is 4.98. The minimum atomic E-state index is -4.39. The molecule has 0 aliphatic carbocycles. The summed E-state index contributed by atoms with van der Waals surface area (Å²) < 4.78 is 38.2. The summed E-state index contributed by atoms with van der Waals surface area (Å²) in [6.07, 6.45) is -3.96. The fourth-order valence-electron chi connectivity index (χ4n) is 3.12. The Bertz CT molecular complexity index is 898. The highest BCUT2D eigenvalue weighted by molar-refractivity contribution is 6.34. The molecule has 0 saturated heterocycles. The lowest BCUT2D eigenvalue weighted by Crippen LogP contribution is -2.36. The highest BCUT2D eigenvalue weighted by Crippen LogP contribution is 2.29. The van der Waals surface area contributed by atoms with Gasteiger partial charge in [0.15, 0.2) is 6.10 Å². The molecule has 0 spiro atoms. The molecule has 0 saturated carbocycles. The zero-order valence-corrected chi connectivity index (χ0v) is 16.5. The van der Waals surface area contributed by atoms with Gasteiger partial charge in [0.1, 0.15) is 0 Å². The molecule has 29 heavy (non-hydrogen) atoms. The number of halogens is 4. The van der Waals surface area contributed by atoms with Gasteiger partial charge in [0.2, 0.25) is 5.91 Å². The largest absolute Gasteiger partial charge is 0.416 e. The molecule has 1 aliphatic rings. The first kappa shape index (κ1) is 21.2. The van der Waals surface area contributed by atoms with Crippen molar-refractivity contribution in [3.8, 4) is 0 Å². The molecule has 2 aromatic rings. The maximum Gasteiger partial charge on any atom is 0.416 e. The molecule has 2 aromatic carbocycles. The normalized spacial score (nSPS) is 16.3. The van der Waals surface area contributed by atoms with Gasteiger partial charge in [0.05, 0.1) is 17.8 Å². The monoisotopic (exact) mass is 424 g/mol. The van der Waals surface area contributed by atoms with E-state index < -0.39 is 11.7 Å². The second-order valence-corrected chi connectivity index (χ2v) is 7.18. The Kier molecular flexibility index (Phi) is 6.47. The molecule has 8 heteroatoms. The van der Waals surface area contributed by atoms with Crippen molar-refractivity contribution in [3.05, 3.63) is 70.2 Å². The summed E-state index contributed by atoms with van der Waals surface area (Å²) in [5.74, 6) is -0.111. The van der Waals surface area contributed by atoms with Crippen LogP contribution in [0.3, 0.4) is 0 Å². The summed E-state index contributed by atoms with van der Waals surface area (Å²) in [4.78, 5) is 19.4. The molecule has 0 aromatic heterocycles. The standard InChI is InChI=1S/C21H20ClF3N2O2/c1-2-20(28)27(12-14-7-9-15(10-8-14)21(23,24)25)13-16-11-19(26-29-16)17-5-3-4-6-18(17)22/h3-10,16H,2,11-13H2,1H3/t16-/m0/s1. The lowest BCUT2D eigenvalue weighted by molar-refractivity contribution is -0.137. The van der Waals surface area contributed by atoms with E-state index in [1.807, 2.05) is 18.2 Å². The van der Waals surface area contributed by atoms with E-state index in [2.05, 4.69) is 5.16 Å². The Labute approximate surface area is 171 Å². The summed E-state index contributed by atoms with van der Waals surface area (Å²) in [5, 5.41) is 4.67. The molecule has 4 nitrogen and oxygen atoms in total. The Hall–Kier alpha value is -2.54. The van der Waals surface area contributed by atoms with Gasteiger partial charge in [-0.15, -0.1) is 0 Å². The summed E-state index contributed by atoms with van der Waals surface area (Å²) in [6.45, 7) is 2.22. The number of hydrogen-bond acceptors (Lipinski definition) is 3. The number of nitrogens with zero attached hydrogens (tertiary/aromatic N) is 2. The van der Waals surface area contributed by atoms with Crippen LogP contribution >= 0.6 is 11.6 Å². The van der Waals surface area contributed by atoms with Crippen molar-refractivity contribution >= 4 is 23.2 Å². The van der Waals surface area contributed by atoms with E-state index in [1.54, 1.807) is 17.9 Å². The van der Waals surface area contributed by atoms with Crippen LogP contribution in [0.1, 0.15) is 36.5 Å². The van der Waals surface area contributed by atoms with E-state index >= 15 is 0 Å². The van der Waals surface area contributed by atoms with Crippen LogP contribution in [0.2, 0.25) is 5.02 Å². The molecule has 1 heterocycles. The highest BCUT2D eigenvalue weighted by Gasteiger charge is 2.30. The number of oxime groups is 1. The van der Waals surface area contributed by atoms with Crippen molar-refractivity contribution in [2.75, 3.05) is 6.54 Å². The number of hydrogen-bond donors (Lipinski definition) is 0. The molecule has 3 rings (SSSR count). The molecule has 0 bridgehead atoms. The summed E-state index contributed by atoms with van der Waals surface area (Å²) in [7, 11) is 0. The lowest BCUT2D eigenvalue weighted by Gasteiger charge is -2.24. The van der Waals surface area contributed by atoms with E-state index in [0.717, 1.165) is 17.7 Å². The zero-order chi connectivity index (χ0) is 21.0. The fourth-order valence-corrected chi connectivity index (χ4v) is 3.37. The van der Waals surface area contributed by atoms with Gasteiger partial charge in [-0.3, -0.25) is 4.79 Å². The van der Waals surface area contributed by atoms with Crippen LogP contribution in [0.15, 0.2) is 53.7 Å². The predicted octanol–water partition coefficient (Wildman–Crippen LogP) is 5.29. The average molecular weight is 425 g/mol. The van der Waals surface area contributed by atoms with E-state index in [-0.39, 0.29) is 31.5 Å². The first-order valence-electron chi connectivity index (χ1n) is 9.19. The van der Waals surface area contributed by atoms with Crippen molar-refractivity contribution in [1.82, 2.24) is 4.90 Å². The SMILES string of the molecule is CCC(=O)N(Cc1ccc(C(F)(F)F)cc1)C[C@@H]1CC(c2ccccc2Cl)=NO1. The van der Waals surface area contributed by atoms with Crippen molar-refractivity contribution in [1.29, 1.82) is 0 Å². The molecule has 1 atom stereocenters. The van der Waals surface area contributed by atoms with Crippen LogP contribution < -0.4 is 0 Å². The quantitative estimate of drug-likeness (QED) is 0.632. The Morgan fingerprint density at radius 3 is 2.52 bits per heavy atom. The van der Waals surface area contributed by atoms with Crippen molar-refractivity contribution in [2.45, 2.75) is 38.6 Å². The molecular formula is C21H20ClF3N2O2. The number of carbonyl (C=O) groups excluding carboxylic acids is 1. The zero-order valence-electron chi connectivity index (χ0n) is 15.7. The minimum Gasteiger partial charge on any atom is -0.390 e. The van der Waals surface area contributed by atoms with Crippen LogP contribution in [-0.4, -0.2) is 29.2 Å². The topological polar surface area (TPSA) is 41.9 Å². The highest BCUT2D eigenvalue weighted by atomic mass is 35.5. The first-order chi connectivity index (χ1) is 13.8. The van der Waals surface area contributed by atoms with Crippen molar-refractivity contribution in [3.63, 3.8) is 0 Å². The maximum absolute atomic E-state index is 12.7. The van der Waals surface area contributed by atoms with Gasteiger partial charge in [-0.05, 0) is 23.8 Å². The number of carbonyl (C=O) groups is 1. The van der Waals surface area contributed by atoms with Crippen LogP contribution in [0.4, 0.5) is 13.2 Å². The van der Waals surface area contributed by atoms with Gasteiger partial charge < -0.3 is 9.74 Å². The van der Waals surface area contributed by atoms with Gasteiger partial charge in [-0.25, -0.2) is 0 Å². The van der Waals surface area contributed by atoms with Gasteiger partial charge >= 0.3 is 6.18 Å². The van der Waals surface area contributed by atoms with Crippen LogP contribution in [-0.2, 0) is 22.4 Å². The number of benzene rings is 2. The fraction of sp³-hybridized carbons (Fsp3) is 0.333. The average Bonchev–Trinajstić information content (AvgIpc) is 3.15. The Balaban J connectivity index is 1.66. The lowest BCUT2D eigenvalue weighted by atomic mass is 10.0. The van der Waals surface area contributed by atoms with Gasteiger partial charge in [0.25, 0.3) is 0 Å². The van der Waals surface area contributed by atoms with Crippen LogP contribution in [0.25, 0.3) is 0 Å². The molecule has 0 N–H and O–H groups in total. The molecule has 0 radical (unpaired) electrons. The molecule has 1 amide bonds. The number of rotatable bonds is 6. The molecule has 154 valence electrons. The van der Waals surface area contributed by atoms with Gasteiger partial charge in [-0.2, -0.15) is 13.2 Å². The van der Waals surface area contributed by atoms with Gasteiger partial charge in [-0.1, -0.05) is 54.0 Å². The van der Waals surface area contributed by atoms with E-state index in [0.29, 0.717) is 22.7 Å². The molecule has 0 fully saturated rings. The minimum absolute atomic E-state index is 0.111. The van der Waals surface area contributed by atoms with Crippen LogP contribution in [0, 0.1) is 0 Å². The first-order valence-corrected chi connectivity index (χ1v) is 9.57. The molecular weight excluding hydrogens is 405 g/mol. The van der Waals surface area contributed by atoms with Crippen LogP contribution in [0.5, 0.6) is 0 Å². The smallest absolute Gasteiger partial charge is 0.390 e. The molecule has 1 aliphatic heterocycles. The Morgan fingerprint density at radius 2 is 1.90 bits per heavy atom. The van der Waals surface area contributed by atoms with E-state index in [9.17, 15) is 18.0 Å². The second-order valence-electron chi connectivity index (χ2n) is 6.77. The van der Waals surface area contributed by atoms with Crippen molar-refractivity contribution < 1.29 is 22.8 Å². The third-order valence-electron chi connectivity index (χ3n) is 4.65. The van der Waals surface area contributed by atoms with E-state index in [1.165, 1.54) is 12.1 Å². The van der Waals surface area contributed by atoms with Gasteiger partial charge in [0, 0.05) is 30.0 Å².